The van der Waals surface area contributed by atoms with E-state index >= 15 is 0 Å². The minimum atomic E-state index is -0.918. The standard InChI is InChI=1S/C12H10N2O2S/c1-8-3-4-9(7-10(8)11(15)16)17-12-13-5-2-6-14-12/h2-7H,1H3,(H,15,16). The van der Waals surface area contributed by atoms with Crippen molar-refractivity contribution in [2.75, 3.05) is 0 Å². The highest BCUT2D eigenvalue weighted by Crippen LogP contribution is 2.26. The largest absolute Gasteiger partial charge is 0.478 e. The Hall–Kier alpha value is -1.88. The van der Waals surface area contributed by atoms with Crippen LogP contribution in [-0.4, -0.2) is 21.0 Å². The summed E-state index contributed by atoms with van der Waals surface area (Å²) in [4.78, 5) is 20.0. The Kier molecular flexibility index (Phi) is 3.39. The zero-order valence-corrected chi connectivity index (χ0v) is 9.94. The first-order valence-corrected chi connectivity index (χ1v) is 5.77. The molecule has 0 aliphatic heterocycles. The molecule has 0 saturated carbocycles. The number of carboxylic acids is 1. The number of aromatic carboxylic acids is 1. The average Bonchev–Trinajstić information content (AvgIpc) is 2.32. The minimum Gasteiger partial charge on any atom is -0.478 e. The second kappa shape index (κ2) is 4.97. The van der Waals surface area contributed by atoms with Gasteiger partial charge in [0.25, 0.3) is 0 Å². The van der Waals surface area contributed by atoms with Crippen LogP contribution in [0.15, 0.2) is 46.7 Å². The lowest BCUT2D eigenvalue weighted by molar-refractivity contribution is 0.0696. The lowest BCUT2D eigenvalue weighted by atomic mass is 10.1. The van der Waals surface area contributed by atoms with Crippen LogP contribution in [0.4, 0.5) is 0 Å². The molecular formula is C12H10N2O2S. The second-order valence-electron chi connectivity index (χ2n) is 3.42. The van der Waals surface area contributed by atoms with E-state index in [2.05, 4.69) is 9.97 Å². The molecule has 17 heavy (non-hydrogen) atoms. The number of carboxylic acid groups (broad SMARTS) is 1. The van der Waals surface area contributed by atoms with Crippen molar-refractivity contribution < 1.29 is 9.90 Å². The van der Waals surface area contributed by atoms with Crippen molar-refractivity contribution in [3.8, 4) is 0 Å². The monoisotopic (exact) mass is 246 g/mol. The lowest BCUT2D eigenvalue weighted by Crippen LogP contribution is -1.99. The summed E-state index contributed by atoms with van der Waals surface area (Å²) in [6, 6.07) is 7.03. The Labute approximate surface area is 103 Å². The number of aryl methyl sites for hydroxylation is 1. The third kappa shape index (κ3) is 2.82. The minimum absolute atomic E-state index is 0.311. The predicted octanol–water partition coefficient (Wildman–Crippen LogP) is 2.63. The highest BCUT2D eigenvalue weighted by Gasteiger charge is 2.09. The highest BCUT2D eigenvalue weighted by atomic mass is 32.2. The van der Waals surface area contributed by atoms with Gasteiger partial charge in [-0.15, -0.1) is 0 Å². The number of aromatic nitrogens is 2. The van der Waals surface area contributed by atoms with E-state index in [-0.39, 0.29) is 0 Å². The summed E-state index contributed by atoms with van der Waals surface area (Å²) < 4.78 is 0. The topological polar surface area (TPSA) is 63.1 Å². The number of benzene rings is 1. The average molecular weight is 246 g/mol. The van der Waals surface area contributed by atoms with Crippen molar-refractivity contribution in [2.24, 2.45) is 0 Å². The number of rotatable bonds is 3. The van der Waals surface area contributed by atoms with E-state index in [1.165, 1.54) is 11.8 Å². The van der Waals surface area contributed by atoms with Gasteiger partial charge in [0.1, 0.15) is 0 Å². The van der Waals surface area contributed by atoms with E-state index < -0.39 is 5.97 Å². The molecule has 0 aliphatic rings. The van der Waals surface area contributed by atoms with Gasteiger partial charge in [-0.3, -0.25) is 0 Å². The molecule has 0 radical (unpaired) electrons. The zero-order chi connectivity index (χ0) is 12.3. The van der Waals surface area contributed by atoms with Crippen molar-refractivity contribution >= 4 is 17.7 Å². The molecule has 86 valence electrons. The van der Waals surface area contributed by atoms with E-state index in [4.69, 9.17) is 5.11 Å². The predicted molar refractivity (Wildman–Crippen MR) is 64.3 cm³/mol. The van der Waals surface area contributed by atoms with Gasteiger partial charge in [-0.1, -0.05) is 6.07 Å². The van der Waals surface area contributed by atoms with E-state index in [9.17, 15) is 4.79 Å². The SMILES string of the molecule is Cc1ccc(Sc2ncccn2)cc1C(=O)O. The van der Waals surface area contributed by atoms with Crippen LogP contribution >= 0.6 is 11.8 Å². The van der Waals surface area contributed by atoms with Crippen molar-refractivity contribution in [1.82, 2.24) is 9.97 Å². The molecule has 0 bridgehead atoms. The smallest absolute Gasteiger partial charge is 0.335 e. The Morgan fingerprint density at radius 1 is 1.29 bits per heavy atom. The van der Waals surface area contributed by atoms with Gasteiger partial charge >= 0.3 is 5.97 Å². The molecule has 2 rings (SSSR count). The summed E-state index contributed by atoms with van der Waals surface area (Å²) in [6.07, 6.45) is 3.31. The van der Waals surface area contributed by atoms with Crippen molar-refractivity contribution in [2.45, 2.75) is 17.0 Å². The van der Waals surface area contributed by atoms with Gasteiger partial charge in [-0.2, -0.15) is 0 Å². The number of hydrogen-bond donors (Lipinski definition) is 1. The number of nitrogens with zero attached hydrogens (tertiary/aromatic N) is 2. The zero-order valence-electron chi connectivity index (χ0n) is 9.12. The molecule has 0 amide bonds. The molecule has 0 aliphatic carbocycles. The van der Waals surface area contributed by atoms with E-state index in [0.29, 0.717) is 10.7 Å². The van der Waals surface area contributed by atoms with Gasteiger partial charge in [0.15, 0.2) is 5.16 Å². The summed E-state index contributed by atoms with van der Waals surface area (Å²) in [7, 11) is 0. The van der Waals surface area contributed by atoms with Crippen LogP contribution in [0.5, 0.6) is 0 Å². The first-order chi connectivity index (χ1) is 8.16. The lowest BCUT2D eigenvalue weighted by Gasteiger charge is -2.04. The summed E-state index contributed by atoms with van der Waals surface area (Å²) in [6.45, 7) is 1.77. The maximum Gasteiger partial charge on any atom is 0.335 e. The summed E-state index contributed by atoms with van der Waals surface area (Å²) in [5.41, 5.74) is 1.06. The Bertz CT molecular complexity index is 543. The molecular weight excluding hydrogens is 236 g/mol. The van der Waals surface area contributed by atoms with Crippen LogP contribution in [0, 0.1) is 6.92 Å². The molecule has 0 atom stereocenters. The summed E-state index contributed by atoms with van der Waals surface area (Å²) >= 11 is 1.34. The molecule has 4 nitrogen and oxygen atoms in total. The van der Waals surface area contributed by atoms with E-state index in [1.807, 2.05) is 6.07 Å². The maximum atomic E-state index is 11.0. The normalized spacial score (nSPS) is 10.2. The quantitative estimate of drug-likeness (QED) is 0.843. The molecule has 1 aromatic heterocycles. The maximum absolute atomic E-state index is 11.0. The van der Waals surface area contributed by atoms with Crippen LogP contribution in [0.2, 0.25) is 0 Å². The highest BCUT2D eigenvalue weighted by molar-refractivity contribution is 7.99. The van der Waals surface area contributed by atoms with Crippen LogP contribution in [0.3, 0.4) is 0 Å². The van der Waals surface area contributed by atoms with Crippen LogP contribution in [-0.2, 0) is 0 Å². The molecule has 1 N–H and O–H groups in total. The number of hydrogen-bond acceptors (Lipinski definition) is 4. The first kappa shape index (κ1) is 11.6. The molecule has 0 saturated heterocycles. The molecule has 5 heteroatoms. The van der Waals surface area contributed by atoms with Crippen molar-refractivity contribution in [3.05, 3.63) is 47.8 Å². The first-order valence-electron chi connectivity index (χ1n) is 4.95. The fraction of sp³-hybridized carbons (Fsp3) is 0.0833. The molecule has 0 unspecified atom stereocenters. The number of carbonyl (C=O) groups is 1. The summed E-state index contributed by atoms with van der Waals surface area (Å²) in [5.74, 6) is -0.918. The van der Waals surface area contributed by atoms with Gasteiger partial charge in [0.2, 0.25) is 0 Å². The van der Waals surface area contributed by atoms with Gasteiger partial charge in [0.05, 0.1) is 5.56 Å². The molecule has 1 aromatic carbocycles. The van der Waals surface area contributed by atoms with Gasteiger partial charge in [-0.05, 0) is 42.4 Å². The van der Waals surface area contributed by atoms with Crippen molar-refractivity contribution in [3.63, 3.8) is 0 Å². The summed E-state index contributed by atoms with van der Waals surface area (Å²) in [5, 5.41) is 9.62. The third-order valence-electron chi connectivity index (χ3n) is 2.19. The van der Waals surface area contributed by atoms with Crippen LogP contribution in [0.25, 0.3) is 0 Å². The Morgan fingerprint density at radius 3 is 2.65 bits per heavy atom. The molecule has 0 spiro atoms. The van der Waals surface area contributed by atoms with Crippen molar-refractivity contribution in [1.29, 1.82) is 0 Å². The van der Waals surface area contributed by atoms with E-state index in [1.54, 1.807) is 37.5 Å². The van der Waals surface area contributed by atoms with Gasteiger partial charge < -0.3 is 5.11 Å². The Balaban J connectivity index is 2.29. The molecule has 2 aromatic rings. The fourth-order valence-electron chi connectivity index (χ4n) is 1.34. The third-order valence-corrected chi connectivity index (χ3v) is 3.07. The van der Waals surface area contributed by atoms with Gasteiger partial charge in [0, 0.05) is 17.3 Å². The van der Waals surface area contributed by atoms with Gasteiger partial charge in [-0.25, -0.2) is 14.8 Å². The van der Waals surface area contributed by atoms with Crippen LogP contribution < -0.4 is 0 Å². The second-order valence-corrected chi connectivity index (χ2v) is 4.46. The van der Waals surface area contributed by atoms with Crippen LogP contribution in [0.1, 0.15) is 15.9 Å². The fourth-order valence-corrected chi connectivity index (χ4v) is 2.09. The molecule has 1 heterocycles. The Morgan fingerprint density at radius 2 is 2.00 bits per heavy atom. The van der Waals surface area contributed by atoms with E-state index in [0.717, 1.165) is 10.5 Å². The molecule has 0 fully saturated rings.